The lowest BCUT2D eigenvalue weighted by Gasteiger charge is -2.22. The first-order valence-electron chi connectivity index (χ1n) is 24.1. The number of hydrogen-bond acceptors (Lipinski definition) is 6. The van der Waals surface area contributed by atoms with E-state index >= 15 is 0 Å². The number of aryl methyl sites for hydroxylation is 2. The van der Waals surface area contributed by atoms with Crippen molar-refractivity contribution < 1.29 is 28.5 Å². The van der Waals surface area contributed by atoms with Gasteiger partial charge in [-0.3, -0.25) is 0 Å². The predicted molar refractivity (Wildman–Crippen MR) is 259 cm³/mol. The Hall–Kier alpha value is -5.10. The van der Waals surface area contributed by atoms with Crippen molar-refractivity contribution in [1.82, 2.24) is 0 Å². The highest BCUT2D eigenvalue weighted by atomic mass is 16.7. The van der Waals surface area contributed by atoms with E-state index in [9.17, 15) is 9.59 Å². The molecule has 0 N–H and O–H groups in total. The van der Waals surface area contributed by atoms with Gasteiger partial charge in [-0.25, -0.2) is 9.59 Å². The van der Waals surface area contributed by atoms with Gasteiger partial charge in [0.2, 0.25) is 0 Å². The van der Waals surface area contributed by atoms with Crippen molar-refractivity contribution in [2.24, 2.45) is 0 Å². The van der Waals surface area contributed by atoms with Crippen molar-refractivity contribution in [3.8, 4) is 22.6 Å². The summed E-state index contributed by atoms with van der Waals surface area (Å²) in [6.07, 6.45) is 20.5. The second-order valence-corrected chi connectivity index (χ2v) is 17.1. The first kappa shape index (κ1) is 46.4. The zero-order valence-electron chi connectivity index (χ0n) is 38.1. The third kappa shape index (κ3) is 12.1. The molecule has 0 aromatic heterocycles. The Morgan fingerprint density at radius 1 is 0.371 bits per heavy atom. The van der Waals surface area contributed by atoms with Crippen LogP contribution in [0.2, 0.25) is 0 Å². The minimum absolute atomic E-state index is 0.331. The number of benzene rings is 6. The van der Waals surface area contributed by atoms with Crippen LogP contribution in [0.3, 0.4) is 0 Å². The lowest BCUT2D eigenvalue weighted by atomic mass is 9.84. The second-order valence-electron chi connectivity index (χ2n) is 17.1. The molecular weight excluding hydrogens is 769 g/mol. The van der Waals surface area contributed by atoms with Crippen molar-refractivity contribution in [3.05, 3.63) is 96.1 Å². The van der Waals surface area contributed by atoms with Gasteiger partial charge in [-0.2, -0.15) is 0 Å². The molecule has 6 aromatic rings. The molecule has 0 fully saturated rings. The highest BCUT2D eigenvalue weighted by Gasteiger charge is 2.25. The monoisotopic (exact) mass is 839 g/mol. The number of rotatable bonds is 25. The number of ether oxygens (including phenoxy) is 4. The maximum absolute atomic E-state index is 13.5. The van der Waals surface area contributed by atoms with Crippen LogP contribution in [0.5, 0.6) is 11.5 Å². The maximum Gasteiger partial charge on any atom is 0.513 e. The normalized spacial score (nSPS) is 11.5. The average Bonchev–Trinajstić information content (AvgIpc) is 3.29. The molecule has 0 saturated heterocycles. The molecule has 0 radical (unpaired) electrons. The molecule has 0 aliphatic heterocycles. The number of carbonyl (C=O) groups is 2. The van der Waals surface area contributed by atoms with Crippen LogP contribution < -0.4 is 9.47 Å². The zero-order valence-corrected chi connectivity index (χ0v) is 38.1. The topological polar surface area (TPSA) is 71.1 Å². The zero-order chi connectivity index (χ0) is 43.5. The smallest absolute Gasteiger partial charge is 0.434 e. The van der Waals surface area contributed by atoms with Gasteiger partial charge in [0.25, 0.3) is 0 Å². The van der Waals surface area contributed by atoms with Crippen LogP contribution in [0.15, 0.2) is 84.9 Å². The molecule has 0 bridgehead atoms. The number of hydrogen-bond donors (Lipinski definition) is 0. The second kappa shape index (κ2) is 24.5. The first-order chi connectivity index (χ1) is 30.5. The van der Waals surface area contributed by atoms with Crippen molar-refractivity contribution in [1.29, 1.82) is 0 Å². The lowest BCUT2D eigenvalue weighted by molar-refractivity contribution is 0.0972. The Labute approximate surface area is 370 Å². The molecule has 6 nitrogen and oxygen atoms in total. The van der Waals surface area contributed by atoms with Gasteiger partial charge >= 0.3 is 12.3 Å². The third-order valence-electron chi connectivity index (χ3n) is 12.3. The molecule has 330 valence electrons. The van der Waals surface area contributed by atoms with Gasteiger partial charge in [-0.15, -0.1) is 0 Å². The van der Waals surface area contributed by atoms with Gasteiger partial charge in [0, 0.05) is 21.5 Å². The largest absolute Gasteiger partial charge is 0.513 e. The fraction of sp³-hybridized carbons (Fsp3) is 0.464. The van der Waals surface area contributed by atoms with E-state index in [1.165, 1.54) is 62.5 Å². The van der Waals surface area contributed by atoms with Crippen LogP contribution in [0.1, 0.15) is 154 Å². The summed E-state index contributed by atoms with van der Waals surface area (Å²) in [5.41, 5.74) is 4.61. The van der Waals surface area contributed by atoms with Gasteiger partial charge in [0.15, 0.2) is 0 Å². The fourth-order valence-electron chi connectivity index (χ4n) is 8.90. The Bertz CT molecular complexity index is 2210. The van der Waals surface area contributed by atoms with Crippen molar-refractivity contribution in [2.45, 2.75) is 156 Å². The highest BCUT2D eigenvalue weighted by molar-refractivity contribution is 6.27. The highest BCUT2D eigenvalue weighted by Crippen LogP contribution is 2.50. The molecule has 0 aliphatic rings. The van der Waals surface area contributed by atoms with Gasteiger partial charge < -0.3 is 18.9 Å². The molecule has 0 spiro atoms. The SMILES string of the molecule is CCCCCCCOC(=O)Oc1c2ccccc2c(-c2c3ccccc3c(OC(=O)OCCCCCCC)c3ccc(CCCCCC)cc23)c2cc(CCCCCC)ccc12. The summed E-state index contributed by atoms with van der Waals surface area (Å²) in [5.74, 6) is 1.02. The maximum atomic E-state index is 13.5. The number of carbonyl (C=O) groups excluding carboxylic acids is 2. The molecule has 0 unspecified atom stereocenters. The van der Waals surface area contributed by atoms with Crippen LogP contribution in [0, 0.1) is 0 Å². The molecule has 0 atom stereocenters. The average molecular weight is 839 g/mol. The van der Waals surface area contributed by atoms with Crippen LogP contribution in [-0.2, 0) is 22.3 Å². The molecule has 6 aromatic carbocycles. The van der Waals surface area contributed by atoms with Crippen molar-refractivity contribution in [2.75, 3.05) is 13.2 Å². The summed E-state index contributed by atoms with van der Waals surface area (Å²) >= 11 is 0. The molecule has 0 aliphatic carbocycles. The van der Waals surface area contributed by atoms with E-state index in [0.717, 1.165) is 131 Å². The minimum atomic E-state index is -0.679. The summed E-state index contributed by atoms with van der Waals surface area (Å²) in [6.45, 7) is 9.54. The summed E-state index contributed by atoms with van der Waals surface area (Å²) in [6, 6.07) is 29.8. The minimum Gasteiger partial charge on any atom is -0.434 e. The summed E-state index contributed by atoms with van der Waals surface area (Å²) in [7, 11) is 0. The summed E-state index contributed by atoms with van der Waals surface area (Å²) in [5, 5.41) is 7.34. The predicted octanol–water partition coefficient (Wildman–Crippen LogP) is 17.2. The van der Waals surface area contributed by atoms with Crippen LogP contribution in [0.25, 0.3) is 54.2 Å². The quantitative estimate of drug-likeness (QED) is 0.0247. The Kier molecular flexibility index (Phi) is 18.3. The van der Waals surface area contributed by atoms with E-state index in [2.05, 4.69) is 88.4 Å². The van der Waals surface area contributed by atoms with Crippen molar-refractivity contribution >= 4 is 55.4 Å². The molecule has 62 heavy (non-hydrogen) atoms. The van der Waals surface area contributed by atoms with Crippen LogP contribution >= 0.6 is 0 Å². The Morgan fingerprint density at radius 3 is 1.10 bits per heavy atom. The van der Waals surface area contributed by atoms with E-state index in [4.69, 9.17) is 18.9 Å². The van der Waals surface area contributed by atoms with E-state index < -0.39 is 12.3 Å². The number of fused-ring (bicyclic) bond motifs is 4. The van der Waals surface area contributed by atoms with Gasteiger partial charge in [0.1, 0.15) is 11.5 Å². The lowest BCUT2D eigenvalue weighted by Crippen LogP contribution is -2.12. The van der Waals surface area contributed by atoms with Crippen LogP contribution in [-0.4, -0.2) is 25.5 Å². The summed E-state index contributed by atoms with van der Waals surface area (Å²) < 4.78 is 23.9. The third-order valence-corrected chi connectivity index (χ3v) is 12.3. The standard InChI is InChI=1S/C56H70O6/c1-5-9-13-17-25-37-59-55(57)61-53-45-31-23-21-29-43(45)51(49-39-41(33-35-47(49)53)27-19-15-11-7-3)52-44-30-22-24-32-46(44)54(62-56(58)60-38-26-18-14-10-6-2)48-36-34-42(40-50(48)52)28-20-16-12-8-4/h21-24,29-36,39-40H,5-20,25-28,37-38H2,1-4H3. The first-order valence-corrected chi connectivity index (χ1v) is 24.1. The fourth-order valence-corrected chi connectivity index (χ4v) is 8.90. The Balaban J connectivity index is 1.54. The van der Waals surface area contributed by atoms with E-state index in [1.54, 1.807) is 0 Å². The Morgan fingerprint density at radius 2 is 0.710 bits per heavy atom. The molecular formula is C56H70O6. The van der Waals surface area contributed by atoms with Gasteiger partial charge in [-0.1, -0.05) is 203 Å². The molecule has 0 heterocycles. The number of unbranched alkanes of at least 4 members (excludes halogenated alkanes) is 14. The molecule has 0 amide bonds. The van der Waals surface area contributed by atoms with Crippen molar-refractivity contribution in [3.63, 3.8) is 0 Å². The van der Waals surface area contributed by atoms with E-state index in [0.29, 0.717) is 24.7 Å². The molecule has 6 heteroatoms. The van der Waals surface area contributed by atoms with Gasteiger partial charge in [0.05, 0.1) is 13.2 Å². The summed E-state index contributed by atoms with van der Waals surface area (Å²) in [4.78, 5) is 27.0. The van der Waals surface area contributed by atoms with E-state index in [-0.39, 0.29) is 0 Å². The van der Waals surface area contributed by atoms with Gasteiger partial charge in [-0.05, 0) is 82.3 Å². The molecule has 0 saturated carbocycles. The van der Waals surface area contributed by atoms with Crippen LogP contribution in [0.4, 0.5) is 9.59 Å². The van der Waals surface area contributed by atoms with E-state index in [1.807, 2.05) is 24.3 Å². The molecule has 6 rings (SSSR count).